The van der Waals surface area contributed by atoms with Gasteiger partial charge in [0.05, 0.1) is 19.3 Å². The average Bonchev–Trinajstić information content (AvgIpc) is 3.00. The fourth-order valence-electron chi connectivity index (χ4n) is 2.96. The third-order valence-corrected chi connectivity index (χ3v) is 4.21. The SMILES string of the molecule is CCOC(=O)[C@H]1/C(=C\c2ccc(OC)cc2)C(=O)O[C@H]1c1ccccc1. The monoisotopic (exact) mass is 352 g/mol. The van der Waals surface area contributed by atoms with E-state index < -0.39 is 24.0 Å². The van der Waals surface area contributed by atoms with E-state index in [9.17, 15) is 9.59 Å². The summed E-state index contributed by atoms with van der Waals surface area (Å²) in [6.45, 7) is 1.97. The Morgan fingerprint density at radius 1 is 1.12 bits per heavy atom. The van der Waals surface area contributed by atoms with Crippen LogP contribution in [-0.4, -0.2) is 25.7 Å². The van der Waals surface area contributed by atoms with Gasteiger partial charge >= 0.3 is 11.9 Å². The zero-order chi connectivity index (χ0) is 18.5. The fraction of sp³-hybridized carbons (Fsp3) is 0.238. The lowest BCUT2D eigenvalue weighted by Gasteiger charge is -2.16. The van der Waals surface area contributed by atoms with Crippen LogP contribution in [0.2, 0.25) is 0 Å². The van der Waals surface area contributed by atoms with Crippen LogP contribution in [0.15, 0.2) is 60.2 Å². The lowest BCUT2D eigenvalue weighted by Crippen LogP contribution is -2.22. The molecule has 1 fully saturated rings. The summed E-state index contributed by atoms with van der Waals surface area (Å²) >= 11 is 0. The number of methoxy groups -OCH3 is 1. The van der Waals surface area contributed by atoms with Crippen molar-refractivity contribution in [3.63, 3.8) is 0 Å². The molecule has 0 amide bonds. The van der Waals surface area contributed by atoms with Crippen molar-refractivity contribution in [3.8, 4) is 5.75 Å². The van der Waals surface area contributed by atoms with Gasteiger partial charge in [-0.1, -0.05) is 42.5 Å². The van der Waals surface area contributed by atoms with Crippen molar-refractivity contribution in [1.82, 2.24) is 0 Å². The van der Waals surface area contributed by atoms with Crippen molar-refractivity contribution in [3.05, 3.63) is 71.3 Å². The Bertz CT molecular complexity index is 808. The van der Waals surface area contributed by atoms with Crippen molar-refractivity contribution in [2.75, 3.05) is 13.7 Å². The molecule has 0 bridgehead atoms. The van der Waals surface area contributed by atoms with Gasteiger partial charge in [0.25, 0.3) is 0 Å². The molecule has 1 saturated heterocycles. The first-order valence-electron chi connectivity index (χ1n) is 8.42. The molecule has 0 radical (unpaired) electrons. The number of ether oxygens (including phenoxy) is 3. The van der Waals surface area contributed by atoms with Gasteiger partial charge in [0.2, 0.25) is 0 Å². The van der Waals surface area contributed by atoms with Crippen molar-refractivity contribution >= 4 is 18.0 Å². The van der Waals surface area contributed by atoms with Crippen LogP contribution < -0.4 is 4.74 Å². The minimum absolute atomic E-state index is 0.237. The molecule has 1 heterocycles. The normalized spacial score (nSPS) is 20.7. The molecular formula is C21H20O5. The minimum atomic E-state index is -0.799. The maximum Gasteiger partial charge on any atom is 0.335 e. The van der Waals surface area contributed by atoms with E-state index in [0.29, 0.717) is 11.3 Å². The Hall–Kier alpha value is -3.08. The lowest BCUT2D eigenvalue weighted by atomic mass is 9.90. The number of hydrogen-bond donors (Lipinski definition) is 0. The Kier molecular flexibility index (Phi) is 5.37. The Balaban J connectivity index is 1.99. The molecule has 2 atom stereocenters. The van der Waals surface area contributed by atoms with Gasteiger partial charge < -0.3 is 14.2 Å². The molecule has 0 saturated carbocycles. The Morgan fingerprint density at radius 2 is 1.81 bits per heavy atom. The number of carbonyl (C=O) groups excluding carboxylic acids is 2. The summed E-state index contributed by atoms with van der Waals surface area (Å²) in [5.74, 6) is -1.06. The van der Waals surface area contributed by atoms with Gasteiger partial charge in [0, 0.05) is 0 Å². The predicted molar refractivity (Wildman–Crippen MR) is 96.4 cm³/mol. The lowest BCUT2D eigenvalue weighted by molar-refractivity contribution is -0.149. The van der Waals surface area contributed by atoms with Crippen LogP contribution >= 0.6 is 0 Å². The van der Waals surface area contributed by atoms with E-state index in [1.165, 1.54) is 0 Å². The highest BCUT2D eigenvalue weighted by Crippen LogP contribution is 2.40. The third-order valence-electron chi connectivity index (χ3n) is 4.21. The second kappa shape index (κ2) is 7.87. The first kappa shape index (κ1) is 17.7. The zero-order valence-electron chi connectivity index (χ0n) is 14.7. The molecule has 2 aromatic carbocycles. The molecule has 134 valence electrons. The van der Waals surface area contributed by atoms with E-state index in [-0.39, 0.29) is 6.61 Å². The second-order valence-corrected chi connectivity index (χ2v) is 5.84. The summed E-state index contributed by atoms with van der Waals surface area (Å²) in [4.78, 5) is 25.0. The van der Waals surface area contributed by atoms with Crippen molar-refractivity contribution in [2.45, 2.75) is 13.0 Å². The van der Waals surface area contributed by atoms with Crippen LogP contribution in [0, 0.1) is 5.92 Å². The first-order chi connectivity index (χ1) is 12.6. The number of carbonyl (C=O) groups is 2. The summed E-state index contributed by atoms with van der Waals surface area (Å²) < 4.78 is 15.9. The molecule has 0 aliphatic carbocycles. The van der Waals surface area contributed by atoms with E-state index in [1.807, 2.05) is 42.5 Å². The van der Waals surface area contributed by atoms with Crippen LogP contribution in [0.1, 0.15) is 24.2 Å². The summed E-state index contributed by atoms with van der Waals surface area (Å²) in [6, 6.07) is 16.4. The number of hydrogen-bond acceptors (Lipinski definition) is 5. The minimum Gasteiger partial charge on any atom is -0.497 e. The van der Waals surface area contributed by atoms with Crippen LogP contribution in [0.25, 0.3) is 6.08 Å². The molecule has 3 rings (SSSR count). The van der Waals surface area contributed by atoms with E-state index in [4.69, 9.17) is 14.2 Å². The molecule has 1 aliphatic heterocycles. The molecule has 2 aromatic rings. The average molecular weight is 352 g/mol. The summed E-state index contributed by atoms with van der Waals surface area (Å²) in [6.07, 6.45) is 0.985. The number of esters is 2. The van der Waals surface area contributed by atoms with Crippen LogP contribution in [-0.2, 0) is 19.1 Å². The molecule has 1 aliphatic rings. The second-order valence-electron chi connectivity index (χ2n) is 5.84. The topological polar surface area (TPSA) is 61.8 Å². The van der Waals surface area contributed by atoms with Gasteiger partial charge in [-0.2, -0.15) is 0 Å². The Labute approximate surface area is 152 Å². The molecule has 26 heavy (non-hydrogen) atoms. The van der Waals surface area contributed by atoms with Gasteiger partial charge in [-0.25, -0.2) is 4.79 Å². The van der Waals surface area contributed by atoms with Crippen LogP contribution in [0.4, 0.5) is 0 Å². The van der Waals surface area contributed by atoms with E-state index in [2.05, 4.69) is 0 Å². The van der Waals surface area contributed by atoms with Crippen molar-refractivity contribution in [2.24, 2.45) is 5.92 Å². The zero-order valence-corrected chi connectivity index (χ0v) is 14.7. The van der Waals surface area contributed by atoms with Gasteiger partial charge in [-0.05, 0) is 36.3 Å². The van der Waals surface area contributed by atoms with E-state index in [0.717, 1.165) is 11.1 Å². The van der Waals surface area contributed by atoms with Crippen LogP contribution in [0.5, 0.6) is 5.75 Å². The quantitative estimate of drug-likeness (QED) is 0.608. The van der Waals surface area contributed by atoms with Crippen molar-refractivity contribution < 1.29 is 23.8 Å². The van der Waals surface area contributed by atoms with Crippen LogP contribution in [0.3, 0.4) is 0 Å². The molecule has 0 unspecified atom stereocenters. The number of benzene rings is 2. The van der Waals surface area contributed by atoms with Gasteiger partial charge in [0.15, 0.2) is 0 Å². The van der Waals surface area contributed by atoms with E-state index in [1.54, 1.807) is 32.2 Å². The Morgan fingerprint density at radius 3 is 2.42 bits per heavy atom. The van der Waals surface area contributed by atoms with Gasteiger partial charge in [-0.15, -0.1) is 0 Å². The molecule has 0 N–H and O–H groups in total. The first-order valence-corrected chi connectivity index (χ1v) is 8.42. The maximum atomic E-state index is 12.6. The highest BCUT2D eigenvalue weighted by molar-refractivity contribution is 6.02. The molecule has 5 nitrogen and oxygen atoms in total. The molecule has 0 spiro atoms. The highest BCUT2D eigenvalue weighted by atomic mass is 16.6. The molecule has 0 aromatic heterocycles. The van der Waals surface area contributed by atoms with Crippen molar-refractivity contribution in [1.29, 1.82) is 0 Å². The summed E-state index contributed by atoms with van der Waals surface area (Å²) in [7, 11) is 1.59. The fourth-order valence-corrected chi connectivity index (χ4v) is 2.96. The molecule has 5 heteroatoms. The van der Waals surface area contributed by atoms with Gasteiger partial charge in [-0.3, -0.25) is 4.79 Å². The summed E-state index contributed by atoms with van der Waals surface area (Å²) in [5.41, 5.74) is 1.83. The van der Waals surface area contributed by atoms with Gasteiger partial charge in [0.1, 0.15) is 17.8 Å². The standard InChI is InChI=1S/C21H20O5/c1-3-25-21(23)18-17(13-14-9-11-16(24-2)12-10-14)20(22)26-19(18)15-7-5-4-6-8-15/h4-13,18-19H,3H2,1-2H3/b17-13+/t18-,19-/m0/s1. The highest BCUT2D eigenvalue weighted by Gasteiger charge is 2.46. The number of cyclic esters (lactones) is 1. The number of rotatable bonds is 5. The smallest absolute Gasteiger partial charge is 0.335 e. The maximum absolute atomic E-state index is 12.6. The molecular weight excluding hydrogens is 332 g/mol. The predicted octanol–water partition coefficient (Wildman–Crippen LogP) is 3.56. The third kappa shape index (κ3) is 3.61. The largest absolute Gasteiger partial charge is 0.497 e. The van der Waals surface area contributed by atoms with E-state index >= 15 is 0 Å². The summed E-state index contributed by atoms with van der Waals surface area (Å²) in [5, 5.41) is 0.